The molecule has 0 unspecified atom stereocenters. The number of likely N-dealkylation sites (tertiary alicyclic amines) is 1. The van der Waals surface area contributed by atoms with Gasteiger partial charge in [-0.15, -0.1) is 11.3 Å². The summed E-state index contributed by atoms with van der Waals surface area (Å²) in [5.74, 6) is 0.882. The molecule has 0 saturated carbocycles. The number of nitrogens with zero attached hydrogens (tertiary/aromatic N) is 3. The number of nitrogens with two attached hydrogens (primary N) is 1. The van der Waals surface area contributed by atoms with E-state index in [4.69, 9.17) is 5.73 Å². The van der Waals surface area contributed by atoms with Crippen LogP contribution in [0.4, 0.5) is 5.13 Å². The second-order valence-electron chi connectivity index (χ2n) is 6.21. The predicted octanol–water partition coefficient (Wildman–Crippen LogP) is 1.85. The van der Waals surface area contributed by atoms with Crippen LogP contribution in [0.1, 0.15) is 32.4 Å². The molecule has 2 N–H and O–H groups in total. The van der Waals surface area contributed by atoms with Gasteiger partial charge in [0.15, 0.2) is 5.13 Å². The van der Waals surface area contributed by atoms with Crippen LogP contribution in [-0.4, -0.2) is 53.4 Å². The van der Waals surface area contributed by atoms with Crippen LogP contribution in [0.2, 0.25) is 0 Å². The fraction of sp³-hybridized carbons (Fsp3) is 0.733. The van der Waals surface area contributed by atoms with E-state index in [2.05, 4.69) is 30.8 Å². The summed E-state index contributed by atoms with van der Waals surface area (Å²) >= 11 is 1.39. The minimum Gasteiger partial charge on any atom is -0.375 e. The molecule has 0 atom stereocenters. The lowest BCUT2D eigenvalue weighted by molar-refractivity contribution is -0.132. The number of rotatable bonds is 5. The van der Waals surface area contributed by atoms with Gasteiger partial charge in [-0.05, 0) is 39.7 Å². The van der Waals surface area contributed by atoms with E-state index < -0.39 is 0 Å². The highest BCUT2D eigenvalue weighted by molar-refractivity contribution is 7.13. The van der Waals surface area contributed by atoms with E-state index in [1.54, 1.807) is 0 Å². The van der Waals surface area contributed by atoms with Crippen molar-refractivity contribution in [3.63, 3.8) is 0 Å². The summed E-state index contributed by atoms with van der Waals surface area (Å²) in [5, 5.41) is 2.41. The minimum atomic E-state index is 0.177. The molecule has 118 valence electrons. The first-order chi connectivity index (χ1) is 9.95. The van der Waals surface area contributed by atoms with Gasteiger partial charge in [0, 0.05) is 31.1 Å². The van der Waals surface area contributed by atoms with Crippen molar-refractivity contribution in [2.45, 2.75) is 39.2 Å². The summed E-state index contributed by atoms with van der Waals surface area (Å²) in [6.07, 6.45) is 2.58. The molecule has 0 bridgehead atoms. The zero-order chi connectivity index (χ0) is 15.4. The van der Waals surface area contributed by atoms with E-state index in [1.165, 1.54) is 11.3 Å². The van der Waals surface area contributed by atoms with Crippen LogP contribution in [-0.2, 0) is 11.2 Å². The van der Waals surface area contributed by atoms with Crippen molar-refractivity contribution in [1.82, 2.24) is 14.8 Å². The Balaban J connectivity index is 1.76. The second-order valence-corrected chi connectivity index (χ2v) is 7.10. The van der Waals surface area contributed by atoms with Gasteiger partial charge >= 0.3 is 0 Å². The quantitative estimate of drug-likeness (QED) is 0.901. The molecule has 1 aliphatic heterocycles. The Hall–Kier alpha value is -1.14. The zero-order valence-corrected chi connectivity index (χ0v) is 14.0. The summed E-state index contributed by atoms with van der Waals surface area (Å²) < 4.78 is 0. The van der Waals surface area contributed by atoms with Gasteiger partial charge in [-0.2, -0.15) is 0 Å². The molecule has 1 aromatic heterocycles. The lowest BCUT2D eigenvalue weighted by Crippen LogP contribution is -2.42. The number of aromatic nitrogens is 1. The zero-order valence-electron chi connectivity index (χ0n) is 13.2. The first kappa shape index (κ1) is 16.2. The number of anilines is 1. The van der Waals surface area contributed by atoms with E-state index >= 15 is 0 Å². The highest BCUT2D eigenvalue weighted by Crippen LogP contribution is 2.20. The highest BCUT2D eigenvalue weighted by Gasteiger charge is 2.24. The molecule has 2 rings (SSSR count). The molecule has 2 heterocycles. The van der Waals surface area contributed by atoms with Gasteiger partial charge in [0.25, 0.3) is 0 Å². The fourth-order valence-corrected chi connectivity index (χ4v) is 3.22. The van der Waals surface area contributed by atoms with E-state index in [0.29, 0.717) is 23.5 Å². The van der Waals surface area contributed by atoms with Crippen molar-refractivity contribution < 1.29 is 4.79 Å². The molecule has 5 nitrogen and oxygen atoms in total. The molecule has 6 heteroatoms. The van der Waals surface area contributed by atoms with Gasteiger partial charge in [-0.1, -0.05) is 0 Å². The van der Waals surface area contributed by atoms with Crippen molar-refractivity contribution in [3.05, 3.63) is 11.1 Å². The lowest BCUT2D eigenvalue weighted by Gasteiger charge is -2.35. The first-order valence-electron chi connectivity index (χ1n) is 7.63. The Kier molecular flexibility index (Phi) is 5.58. The number of carbonyl (C=O) groups excluding carboxylic acids is 1. The normalized spacial score (nSPS) is 16.9. The molecule has 0 aromatic carbocycles. The molecule has 1 aliphatic rings. The Bertz CT molecular complexity index is 466. The van der Waals surface area contributed by atoms with Crippen molar-refractivity contribution in [2.24, 2.45) is 5.92 Å². The number of hydrogen-bond acceptors (Lipinski definition) is 5. The van der Waals surface area contributed by atoms with E-state index in [9.17, 15) is 4.79 Å². The van der Waals surface area contributed by atoms with Gasteiger partial charge in [0.2, 0.25) is 5.91 Å². The molecule has 21 heavy (non-hydrogen) atoms. The Morgan fingerprint density at radius 3 is 2.71 bits per heavy atom. The number of thiazole rings is 1. The monoisotopic (exact) mass is 310 g/mol. The van der Waals surface area contributed by atoms with Gasteiger partial charge in [-0.3, -0.25) is 4.79 Å². The third-order valence-corrected chi connectivity index (χ3v) is 5.02. The van der Waals surface area contributed by atoms with Crippen molar-refractivity contribution in [3.8, 4) is 0 Å². The van der Waals surface area contributed by atoms with Crippen LogP contribution in [0.25, 0.3) is 0 Å². The first-order valence-corrected chi connectivity index (χ1v) is 8.51. The summed E-state index contributed by atoms with van der Waals surface area (Å²) in [6.45, 7) is 7.31. The SMILES string of the molecule is CC(C)N(C)CC1CCN(C(=O)Cc2csc(N)n2)CC1. The number of amides is 1. The van der Waals surface area contributed by atoms with E-state index in [0.717, 1.165) is 38.2 Å². The fourth-order valence-electron chi connectivity index (χ4n) is 2.65. The lowest BCUT2D eigenvalue weighted by atomic mass is 9.95. The standard InChI is InChI=1S/C15H26N4OS/c1-11(2)18(3)9-12-4-6-19(7-5-12)14(20)8-13-10-21-15(16)17-13/h10-12H,4-9H2,1-3H3,(H2,16,17). The molecular weight excluding hydrogens is 284 g/mol. The topological polar surface area (TPSA) is 62.5 Å². The molecule has 1 amide bonds. The van der Waals surface area contributed by atoms with Crippen LogP contribution in [0.15, 0.2) is 5.38 Å². The Morgan fingerprint density at radius 2 is 2.19 bits per heavy atom. The van der Waals surface area contributed by atoms with E-state index in [-0.39, 0.29) is 5.91 Å². The average Bonchev–Trinajstić information content (AvgIpc) is 2.84. The highest BCUT2D eigenvalue weighted by atomic mass is 32.1. The molecule has 0 radical (unpaired) electrons. The van der Waals surface area contributed by atoms with E-state index in [1.807, 2.05) is 10.3 Å². The van der Waals surface area contributed by atoms with Gasteiger partial charge in [0.05, 0.1) is 12.1 Å². The average molecular weight is 310 g/mol. The summed E-state index contributed by atoms with van der Waals surface area (Å²) in [5.41, 5.74) is 6.40. The molecule has 1 aromatic rings. The van der Waals surface area contributed by atoms with Crippen LogP contribution < -0.4 is 5.73 Å². The third kappa shape index (κ3) is 4.68. The van der Waals surface area contributed by atoms with Crippen molar-refractivity contribution in [1.29, 1.82) is 0 Å². The molecule has 1 fully saturated rings. The molecule has 0 aliphatic carbocycles. The van der Waals surface area contributed by atoms with Crippen molar-refractivity contribution in [2.75, 3.05) is 32.4 Å². The van der Waals surface area contributed by atoms with Crippen LogP contribution in [0.3, 0.4) is 0 Å². The maximum atomic E-state index is 12.3. The van der Waals surface area contributed by atoms with Gasteiger partial charge < -0.3 is 15.5 Å². The summed E-state index contributed by atoms with van der Waals surface area (Å²) in [4.78, 5) is 20.8. The minimum absolute atomic E-state index is 0.177. The maximum absolute atomic E-state index is 12.3. The van der Waals surface area contributed by atoms with Crippen LogP contribution in [0.5, 0.6) is 0 Å². The third-order valence-electron chi connectivity index (χ3n) is 4.30. The van der Waals surface area contributed by atoms with Gasteiger partial charge in [-0.25, -0.2) is 4.98 Å². The largest absolute Gasteiger partial charge is 0.375 e. The van der Waals surface area contributed by atoms with Crippen molar-refractivity contribution >= 4 is 22.4 Å². The van der Waals surface area contributed by atoms with Gasteiger partial charge in [0.1, 0.15) is 0 Å². The number of carbonyl (C=O) groups is 1. The second kappa shape index (κ2) is 7.22. The summed E-state index contributed by atoms with van der Waals surface area (Å²) in [6, 6.07) is 0.583. The van der Waals surface area contributed by atoms with Crippen LogP contribution in [0, 0.1) is 5.92 Å². The van der Waals surface area contributed by atoms with Crippen LogP contribution >= 0.6 is 11.3 Å². The predicted molar refractivity (Wildman–Crippen MR) is 87.3 cm³/mol. The number of piperidine rings is 1. The number of hydrogen-bond donors (Lipinski definition) is 1. The Labute approximate surface area is 131 Å². The summed E-state index contributed by atoms with van der Waals surface area (Å²) in [7, 11) is 2.18. The number of nitrogen functional groups attached to an aromatic ring is 1. The molecule has 1 saturated heterocycles. The maximum Gasteiger partial charge on any atom is 0.228 e. The molecule has 0 spiro atoms. The smallest absolute Gasteiger partial charge is 0.228 e. The molecular formula is C15H26N4OS. The Morgan fingerprint density at radius 1 is 1.52 bits per heavy atom.